The van der Waals surface area contributed by atoms with E-state index in [1.54, 1.807) is 40.6 Å². The van der Waals surface area contributed by atoms with Gasteiger partial charge < -0.3 is 24.1 Å². The zero-order valence-corrected chi connectivity index (χ0v) is 14.5. The van der Waals surface area contributed by atoms with E-state index < -0.39 is 6.10 Å². The standard InChI is InChI=1S/C19H24O5/c1-21-12-15(14-7-5-6-8-16(14)22-2)19(20)13-9-10-17(23-3)18(11-13)24-4/h5-11,15,19-20H,12H2,1-4H3. The zero-order valence-electron chi connectivity index (χ0n) is 14.5. The van der Waals surface area contributed by atoms with Crippen LogP contribution in [0.1, 0.15) is 23.1 Å². The van der Waals surface area contributed by atoms with E-state index in [1.165, 1.54) is 0 Å². The van der Waals surface area contributed by atoms with Crippen LogP contribution in [-0.4, -0.2) is 40.2 Å². The van der Waals surface area contributed by atoms with Crippen molar-refractivity contribution < 1.29 is 24.1 Å². The quantitative estimate of drug-likeness (QED) is 0.804. The van der Waals surface area contributed by atoms with Crippen LogP contribution in [0.5, 0.6) is 17.2 Å². The zero-order chi connectivity index (χ0) is 17.5. The summed E-state index contributed by atoms with van der Waals surface area (Å²) in [7, 11) is 6.38. The van der Waals surface area contributed by atoms with Crippen LogP contribution in [0, 0.1) is 0 Å². The average Bonchev–Trinajstić information content (AvgIpc) is 2.64. The van der Waals surface area contributed by atoms with E-state index in [-0.39, 0.29) is 5.92 Å². The minimum absolute atomic E-state index is 0.274. The van der Waals surface area contributed by atoms with E-state index in [4.69, 9.17) is 18.9 Å². The molecule has 2 aromatic carbocycles. The van der Waals surface area contributed by atoms with E-state index in [9.17, 15) is 5.11 Å². The molecule has 24 heavy (non-hydrogen) atoms. The molecule has 0 spiro atoms. The summed E-state index contributed by atoms with van der Waals surface area (Å²) < 4.78 is 21.3. The van der Waals surface area contributed by atoms with Crippen LogP contribution in [0.2, 0.25) is 0 Å². The van der Waals surface area contributed by atoms with Crippen molar-refractivity contribution in [3.05, 3.63) is 53.6 Å². The van der Waals surface area contributed by atoms with Crippen molar-refractivity contribution in [2.24, 2.45) is 0 Å². The molecule has 2 rings (SSSR count). The van der Waals surface area contributed by atoms with Crippen LogP contribution < -0.4 is 14.2 Å². The van der Waals surface area contributed by atoms with E-state index >= 15 is 0 Å². The van der Waals surface area contributed by atoms with Gasteiger partial charge in [0.25, 0.3) is 0 Å². The lowest BCUT2D eigenvalue weighted by Crippen LogP contribution is -2.17. The molecule has 5 nitrogen and oxygen atoms in total. The highest BCUT2D eigenvalue weighted by Crippen LogP contribution is 2.38. The van der Waals surface area contributed by atoms with Crippen LogP contribution in [0.25, 0.3) is 0 Å². The minimum Gasteiger partial charge on any atom is -0.496 e. The number of ether oxygens (including phenoxy) is 4. The molecule has 2 atom stereocenters. The van der Waals surface area contributed by atoms with Crippen molar-refractivity contribution in [3.63, 3.8) is 0 Å². The summed E-state index contributed by atoms with van der Waals surface area (Å²) in [4.78, 5) is 0. The molecule has 0 saturated carbocycles. The Hall–Kier alpha value is -2.24. The summed E-state index contributed by atoms with van der Waals surface area (Å²) >= 11 is 0. The number of benzene rings is 2. The van der Waals surface area contributed by atoms with Crippen molar-refractivity contribution in [2.75, 3.05) is 35.0 Å². The lowest BCUT2D eigenvalue weighted by molar-refractivity contribution is 0.0833. The Morgan fingerprint density at radius 3 is 2.12 bits per heavy atom. The normalized spacial score (nSPS) is 13.2. The molecule has 2 aromatic rings. The number of aliphatic hydroxyl groups is 1. The molecule has 0 saturated heterocycles. The second kappa shape index (κ2) is 8.57. The Kier molecular flexibility index (Phi) is 6.46. The van der Waals surface area contributed by atoms with Gasteiger partial charge in [-0.25, -0.2) is 0 Å². The van der Waals surface area contributed by atoms with Gasteiger partial charge in [-0.1, -0.05) is 24.3 Å². The van der Waals surface area contributed by atoms with E-state index in [0.717, 1.165) is 16.9 Å². The maximum Gasteiger partial charge on any atom is 0.161 e. The molecule has 0 aromatic heterocycles. The monoisotopic (exact) mass is 332 g/mol. The maximum absolute atomic E-state index is 10.9. The summed E-state index contributed by atoms with van der Waals surface area (Å²) in [5, 5.41) is 10.9. The topological polar surface area (TPSA) is 57.2 Å². The molecule has 0 fully saturated rings. The lowest BCUT2D eigenvalue weighted by atomic mass is 9.89. The minimum atomic E-state index is -0.777. The molecule has 130 valence electrons. The van der Waals surface area contributed by atoms with Crippen LogP contribution in [-0.2, 0) is 4.74 Å². The molecular weight excluding hydrogens is 308 g/mol. The number of rotatable bonds is 8. The molecular formula is C19H24O5. The second-order valence-corrected chi connectivity index (χ2v) is 5.36. The van der Waals surface area contributed by atoms with E-state index in [2.05, 4.69) is 0 Å². The van der Waals surface area contributed by atoms with Gasteiger partial charge in [-0.2, -0.15) is 0 Å². The second-order valence-electron chi connectivity index (χ2n) is 5.36. The highest BCUT2D eigenvalue weighted by Gasteiger charge is 2.26. The fourth-order valence-electron chi connectivity index (χ4n) is 2.77. The fraction of sp³-hybridized carbons (Fsp3) is 0.368. The highest BCUT2D eigenvalue weighted by atomic mass is 16.5. The molecule has 0 aliphatic heterocycles. The van der Waals surface area contributed by atoms with Crippen LogP contribution in [0.15, 0.2) is 42.5 Å². The number of para-hydroxylation sites is 1. The van der Waals surface area contributed by atoms with Gasteiger partial charge in [0.1, 0.15) is 5.75 Å². The van der Waals surface area contributed by atoms with Crippen LogP contribution >= 0.6 is 0 Å². The van der Waals surface area contributed by atoms with Crippen LogP contribution in [0.3, 0.4) is 0 Å². The third-order valence-electron chi connectivity index (χ3n) is 4.01. The number of hydrogen-bond donors (Lipinski definition) is 1. The molecule has 0 radical (unpaired) electrons. The predicted molar refractivity (Wildman–Crippen MR) is 92.1 cm³/mol. The number of aliphatic hydroxyl groups excluding tert-OH is 1. The van der Waals surface area contributed by atoms with Gasteiger partial charge in [-0.05, 0) is 23.8 Å². The van der Waals surface area contributed by atoms with Gasteiger partial charge >= 0.3 is 0 Å². The first-order valence-electron chi connectivity index (χ1n) is 7.68. The Morgan fingerprint density at radius 2 is 1.50 bits per heavy atom. The Labute approximate surface area is 142 Å². The third-order valence-corrected chi connectivity index (χ3v) is 4.01. The molecule has 0 aliphatic rings. The summed E-state index contributed by atoms with van der Waals surface area (Å²) in [6, 6.07) is 13.0. The molecule has 0 aliphatic carbocycles. The maximum atomic E-state index is 10.9. The van der Waals surface area contributed by atoms with Gasteiger partial charge in [0, 0.05) is 18.6 Å². The summed E-state index contributed by atoms with van der Waals surface area (Å²) in [6.45, 7) is 0.357. The first kappa shape index (κ1) is 18.1. The molecule has 2 unspecified atom stereocenters. The van der Waals surface area contributed by atoms with E-state index in [0.29, 0.717) is 18.1 Å². The van der Waals surface area contributed by atoms with Gasteiger partial charge in [0.2, 0.25) is 0 Å². The van der Waals surface area contributed by atoms with Gasteiger partial charge in [-0.15, -0.1) is 0 Å². The van der Waals surface area contributed by atoms with Crippen molar-refractivity contribution in [2.45, 2.75) is 12.0 Å². The largest absolute Gasteiger partial charge is 0.496 e. The Morgan fingerprint density at radius 1 is 0.833 bits per heavy atom. The average molecular weight is 332 g/mol. The molecule has 1 N–H and O–H groups in total. The number of hydrogen-bond acceptors (Lipinski definition) is 5. The number of methoxy groups -OCH3 is 4. The molecule has 5 heteroatoms. The summed E-state index contributed by atoms with van der Waals surface area (Å²) in [5.41, 5.74) is 1.62. The van der Waals surface area contributed by atoms with Crippen molar-refractivity contribution in [1.82, 2.24) is 0 Å². The van der Waals surface area contributed by atoms with Crippen molar-refractivity contribution in [3.8, 4) is 17.2 Å². The molecule has 0 amide bonds. The Balaban J connectivity index is 2.40. The third kappa shape index (κ3) is 3.80. The van der Waals surface area contributed by atoms with Crippen LogP contribution in [0.4, 0.5) is 0 Å². The highest BCUT2D eigenvalue weighted by molar-refractivity contribution is 5.45. The summed E-state index contributed by atoms with van der Waals surface area (Å²) in [6.07, 6.45) is -0.777. The SMILES string of the molecule is COCC(c1ccccc1OC)C(O)c1ccc(OC)c(OC)c1. The smallest absolute Gasteiger partial charge is 0.161 e. The molecule has 0 heterocycles. The molecule has 0 bridgehead atoms. The van der Waals surface area contributed by atoms with E-state index in [1.807, 2.05) is 30.3 Å². The van der Waals surface area contributed by atoms with Gasteiger partial charge in [-0.3, -0.25) is 0 Å². The van der Waals surface area contributed by atoms with Crippen molar-refractivity contribution >= 4 is 0 Å². The summed E-state index contributed by atoms with van der Waals surface area (Å²) in [5.74, 6) is 1.64. The first-order chi connectivity index (χ1) is 11.7. The van der Waals surface area contributed by atoms with Gasteiger partial charge in [0.15, 0.2) is 11.5 Å². The lowest BCUT2D eigenvalue weighted by Gasteiger charge is -2.25. The Bertz CT molecular complexity index is 656. The first-order valence-corrected chi connectivity index (χ1v) is 7.68. The predicted octanol–water partition coefficient (Wildman–Crippen LogP) is 3.18. The van der Waals surface area contributed by atoms with Crippen molar-refractivity contribution in [1.29, 1.82) is 0 Å². The fourth-order valence-corrected chi connectivity index (χ4v) is 2.77. The van der Waals surface area contributed by atoms with Gasteiger partial charge in [0.05, 0.1) is 34.0 Å².